The van der Waals surface area contributed by atoms with E-state index in [0.717, 1.165) is 0 Å². The van der Waals surface area contributed by atoms with E-state index < -0.39 is 11.6 Å². The molecular formula is C23H19NO5S. The number of allylic oxidation sites excluding steroid dienone is 3. The standard InChI is InChI=1S/C23H19NO5S/c1-3-16-17(5-4-10-24-13(2)30)23(29-22(16)27)18-8-6-14(25)11-20(18)28-21-12-15(26)7-9-19(21)23/h3-12,25-26H,1-2H3,(H,24,30)/b10-4+,16-3+,17-5+. The van der Waals surface area contributed by atoms with Crippen LogP contribution in [-0.2, 0) is 15.1 Å². The minimum Gasteiger partial charge on any atom is -0.508 e. The molecule has 1 saturated heterocycles. The predicted octanol–water partition coefficient (Wildman–Crippen LogP) is 4.33. The number of carbonyl (C=O) groups excluding carboxylic acids is 1. The van der Waals surface area contributed by atoms with Crippen LogP contribution < -0.4 is 10.1 Å². The van der Waals surface area contributed by atoms with Gasteiger partial charge in [0.15, 0.2) is 5.60 Å². The van der Waals surface area contributed by atoms with Crippen molar-refractivity contribution in [3.05, 3.63) is 83.1 Å². The van der Waals surface area contributed by atoms with Gasteiger partial charge in [0, 0.05) is 35.0 Å². The highest BCUT2D eigenvalue weighted by Gasteiger charge is 2.55. The number of benzene rings is 2. The van der Waals surface area contributed by atoms with Gasteiger partial charge in [0.05, 0.1) is 10.6 Å². The Bertz CT molecular complexity index is 1110. The average molecular weight is 421 g/mol. The Labute approximate surface area is 178 Å². The number of fused-ring (bicyclic) bond motifs is 4. The van der Waals surface area contributed by atoms with Gasteiger partial charge in [-0.05, 0) is 44.2 Å². The minimum atomic E-state index is -1.29. The van der Waals surface area contributed by atoms with E-state index in [1.165, 1.54) is 24.3 Å². The second-order valence-electron chi connectivity index (χ2n) is 6.88. The highest BCUT2D eigenvalue weighted by atomic mass is 32.1. The maximum Gasteiger partial charge on any atom is 0.339 e. The van der Waals surface area contributed by atoms with Gasteiger partial charge in [0.2, 0.25) is 0 Å². The molecule has 7 heteroatoms. The van der Waals surface area contributed by atoms with Crippen LogP contribution in [0, 0.1) is 0 Å². The lowest BCUT2D eigenvalue weighted by Crippen LogP contribution is -2.32. The molecule has 0 radical (unpaired) electrons. The molecule has 0 aliphatic carbocycles. The molecule has 152 valence electrons. The van der Waals surface area contributed by atoms with Crippen LogP contribution >= 0.6 is 12.2 Å². The lowest BCUT2D eigenvalue weighted by molar-refractivity contribution is -0.143. The van der Waals surface area contributed by atoms with Gasteiger partial charge in [0.25, 0.3) is 0 Å². The third kappa shape index (κ3) is 3.04. The third-order valence-electron chi connectivity index (χ3n) is 4.98. The van der Waals surface area contributed by atoms with Crippen molar-refractivity contribution in [1.82, 2.24) is 5.32 Å². The number of aromatic hydroxyl groups is 2. The molecule has 30 heavy (non-hydrogen) atoms. The predicted molar refractivity (Wildman–Crippen MR) is 116 cm³/mol. The van der Waals surface area contributed by atoms with Crippen molar-refractivity contribution >= 4 is 23.2 Å². The summed E-state index contributed by atoms with van der Waals surface area (Å²) in [6.45, 7) is 3.53. The summed E-state index contributed by atoms with van der Waals surface area (Å²) in [6, 6.07) is 9.28. The number of rotatable bonds is 2. The SMILES string of the molecule is C/C=C1/C(=O)OC2(/C1=C/C=C/NC(C)=S)c1ccc(O)cc1Oc1cc(O)ccc12. The fourth-order valence-corrected chi connectivity index (χ4v) is 3.84. The number of nitrogens with one attached hydrogen (secondary N) is 1. The summed E-state index contributed by atoms with van der Waals surface area (Å²) in [6.07, 6.45) is 6.90. The molecule has 2 aliphatic heterocycles. The Kier molecular flexibility index (Phi) is 4.83. The Morgan fingerprint density at radius 1 is 1.10 bits per heavy atom. The molecule has 2 aromatic rings. The van der Waals surface area contributed by atoms with E-state index in [9.17, 15) is 15.0 Å². The molecule has 6 nitrogen and oxygen atoms in total. The molecule has 0 amide bonds. The summed E-state index contributed by atoms with van der Waals surface area (Å²) in [5.41, 5.74) is 0.876. The molecule has 0 saturated carbocycles. The minimum absolute atomic E-state index is 0.00849. The number of hydrogen-bond acceptors (Lipinski definition) is 6. The van der Waals surface area contributed by atoms with Crippen molar-refractivity contribution in [1.29, 1.82) is 0 Å². The van der Waals surface area contributed by atoms with Gasteiger partial charge in [-0.3, -0.25) is 0 Å². The fourth-order valence-electron chi connectivity index (χ4n) is 3.78. The molecule has 3 N–H and O–H groups in total. The Hall–Kier alpha value is -3.58. The Morgan fingerprint density at radius 3 is 2.23 bits per heavy atom. The van der Waals surface area contributed by atoms with Crippen LogP contribution in [0.25, 0.3) is 0 Å². The van der Waals surface area contributed by atoms with Crippen LogP contribution in [0.3, 0.4) is 0 Å². The number of phenols is 2. The third-order valence-corrected chi connectivity index (χ3v) is 5.10. The Balaban J connectivity index is 2.01. The normalized spacial score (nSPS) is 18.9. The molecule has 0 unspecified atom stereocenters. The van der Waals surface area contributed by atoms with Crippen LogP contribution in [-0.4, -0.2) is 21.2 Å². The van der Waals surface area contributed by atoms with E-state index in [4.69, 9.17) is 21.7 Å². The smallest absolute Gasteiger partial charge is 0.339 e. The van der Waals surface area contributed by atoms with Crippen LogP contribution in [0.15, 0.2) is 72.0 Å². The number of hydrogen-bond donors (Lipinski definition) is 3. The van der Waals surface area contributed by atoms with Crippen LogP contribution in [0.5, 0.6) is 23.0 Å². The van der Waals surface area contributed by atoms with Crippen molar-refractivity contribution in [2.75, 3.05) is 0 Å². The summed E-state index contributed by atoms with van der Waals surface area (Å²) in [7, 11) is 0. The number of thiocarbonyl (C=S) groups is 1. The van der Waals surface area contributed by atoms with E-state index in [1.807, 2.05) is 0 Å². The molecular weight excluding hydrogens is 402 g/mol. The van der Waals surface area contributed by atoms with E-state index in [2.05, 4.69) is 5.32 Å². The van der Waals surface area contributed by atoms with E-state index in [0.29, 0.717) is 38.8 Å². The summed E-state index contributed by atoms with van der Waals surface area (Å²) in [4.78, 5) is 13.5. The van der Waals surface area contributed by atoms with Crippen molar-refractivity contribution in [2.24, 2.45) is 0 Å². The summed E-state index contributed by atoms with van der Waals surface area (Å²) >= 11 is 5.02. The molecule has 2 aliphatic rings. The van der Waals surface area contributed by atoms with Crippen molar-refractivity contribution < 1.29 is 24.5 Å². The van der Waals surface area contributed by atoms with Gasteiger partial charge in [-0.2, -0.15) is 0 Å². The first-order valence-corrected chi connectivity index (χ1v) is 9.67. The summed E-state index contributed by atoms with van der Waals surface area (Å²) in [5, 5.41) is 22.9. The molecule has 4 rings (SSSR count). The molecule has 0 aromatic heterocycles. The van der Waals surface area contributed by atoms with Gasteiger partial charge in [-0.1, -0.05) is 24.4 Å². The quantitative estimate of drug-likeness (QED) is 0.378. The monoisotopic (exact) mass is 421 g/mol. The average Bonchev–Trinajstić information content (AvgIpc) is 2.96. The van der Waals surface area contributed by atoms with Crippen LogP contribution in [0.2, 0.25) is 0 Å². The molecule has 0 bridgehead atoms. The Morgan fingerprint density at radius 2 is 1.70 bits per heavy atom. The summed E-state index contributed by atoms with van der Waals surface area (Å²) < 4.78 is 11.9. The van der Waals surface area contributed by atoms with E-state index in [1.54, 1.807) is 50.4 Å². The maximum atomic E-state index is 12.9. The van der Waals surface area contributed by atoms with Gasteiger partial charge in [0.1, 0.15) is 23.0 Å². The van der Waals surface area contributed by atoms with Crippen LogP contribution in [0.1, 0.15) is 25.0 Å². The molecule has 2 aromatic carbocycles. The van der Waals surface area contributed by atoms with Crippen LogP contribution in [0.4, 0.5) is 0 Å². The first kappa shape index (κ1) is 19.7. The highest BCUT2D eigenvalue weighted by Crippen LogP contribution is 2.58. The molecule has 1 spiro atoms. The van der Waals surface area contributed by atoms with Gasteiger partial charge >= 0.3 is 5.97 Å². The zero-order chi connectivity index (χ0) is 21.5. The zero-order valence-electron chi connectivity index (χ0n) is 16.3. The molecule has 1 fully saturated rings. The first-order valence-electron chi connectivity index (χ1n) is 9.26. The maximum absolute atomic E-state index is 12.9. The van der Waals surface area contributed by atoms with E-state index in [-0.39, 0.29) is 11.5 Å². The van der Waals surface area contributed by atoms with Crippen molar-refractivity contribution in [2.45, 2.75) is 19.4 Å². The molecule has 2 heterocycles. The largest absolute Gasteiger partial charge is 0.508 e. The number of ether oxygens (including phenoxy) is 2. The fraction of sp³-hybridized carbons (Fsp3) is 0.130. The first-order chi connectivity index (χ1) is 14.4. The second kappa shape index (κ2) is 7.35. The van der Waals surface area contributed by atoms with Crippen molar-refractivity contribution in [3.8, 4) is 23.0 Å². The van der Waals surface area contributed by atoms with Crippen molar-refractivity contribution in [3.63, 3.8) is 0 Å². The summed E-state index contributed by atoms with van der Waals surface area (Å²) in [5.74, 6) is 0.210. The second-order valence-corrected chi connectivity index (χ2v) is 7.49. The topological polar surface area (TPSA) is 88.0 Å². The van der Waals surface area contributed by atoms with Gasteiger partial charge in [-0.25, -0.2) is 4.79 Å². The highest BCUT2D eigenvalue weighted by molar-refractivity contribution is 7.80. The lowest BCUT2D eigenvalue weighted by Gasteiger charge is -2.36. The number of phenolic OH excluding ortho intramolecular Hbond substituents is 2. The zero-order valence-corrected chi connectivity index (χ0v) is 17.1. The van der Waals surface area contributed by atoms with E-state index >= 15 is 0 Å². The number of carbonyl (C=O) groups is 1. The van der Waals surface area contributed by atoms with Gasteiger partial charge in [-0.15, -0.1) is 0 Å². The number of esters is 1. The van der Waals surface area contributed by atoms with Gasteiger partial charge < -0.3 is 25.0 Å². The lowest BCUT2D eigenvalue weighted by atomic mass is 9.76. The molecule has 0 atom stereocenters.